The van der Waals surface area contributed by atoms with Crippen LogP contribution in [0.25, 0.3) is 0 Å². The van der Waals surface area contributed by atoms with E-state index >= 15 is 0 Å². The lowest BCUT2D eigenvalue weighted by Crippen LogP contribution is -2.66. The molecule has 0 radical (unpaired) electrons. The first-order chi connectivity index (χ1) is 17.5. The summed E-state index contributed by atoms with van der Waals surface area (Å²) in [5.41, 5.74) is 2.04. The van der Waals surface area contributed by atoms with E-state index < -0.39 is 32.6 Å². The van der Waals surface area contributed by atoms with E-state index in [1.807, 2.05) is 73.7 Å². The van der Waals surface area contributed by atoms with Crippen LogP contribution in [0.1, 0.15) is 51.8 Å². The summed E-state index contributed by atoms with van der Waals surface area (Å²) in [5, 5.41) is 2.06. The minimum atomic E-state index is -2.92. The van der Waals surface area contributed by atoms with E-state index in [1.54, 1.807) is 6.08 Å². The second-order valence-corrected chi connectivity index (χ2v) is 14.3. The lowest BCUT2D eigenvalue weighted by Gasteiger charge is -2.45. The molecule has 0 N–H and O–H groups in total. The zero-order chi connectivity index (χ0) is 27.1. The molecule has 0 spiro atoms. The molecule has 3 rings (SSSR count). The lowest BCUT2D eigenvalue weighted by atomic mass is 10.0. The zero-order valence-corrected chi connectivity index (χ0v) is 23.4. The summed E-state index contributed by atoms with van der Waals surface area (Å²) in [5.74, 6) is -1.09. The van der Waals surface area contributed by atoms with Crippen LogP contribution in [0.2, 0.25) is 5.04 Å². The maximum absolute atomic E-state index is 11.7. The van der Waals surface area contributed by atoms with Crippen LogP contribution in [0.15, 0.2) is 97.1 Å². The molecule has 0 amide bonds. The molecule has 0 aromatic heterocycles. The first kappa shape index (κ1) is 28.1. The number of hydrogen-bond donors (Lipinski definition) is 0. The summed E-state index contributed by atoms with van der Waals surface area (Å²) in [6, 6.07) is 28.8. The normalized spacial score (nSPS) is 12.9. The third kappa shape index (κ3) is 6.84. The second kappa shape index (κ2) is 12.2. The van der Waals surface area contributed by atoms with Gasteiger partial charge in [-0.05, 0) is 45.6 Å². The van der Waals surface area contributed by atoms with Crippen molar-refractivity contribution in [3.8, 4) is 0 Å². The summed E-state index contributed by atoms with van der Waals surface area (Å²) in [4.78, 5) is 23.3. The molecule has 0 bridgehead atoms. The van der Waals surface area contributed by atoms with Gasteiger partial charge in [-0.2, -0.15) is 0 Å². The summed E-state index contributed by atoms with van der Waals surface area (Å²) < 4.78 is 17.8. The molecule has 3 aromatic carbocycles. The molecular formula is C31H36O5Si. The zero-order valence-electron chi connectivity index (χ0n) is 22.4. The van der Waals surface area contributed by atoms with Gasteiger partial charge in [0, 0.05) is 13.8 Å². The van der Waals surface area contributed by atoms with Crippen LogP contribution in [-0.2, 0) is 23.5 Å². The molecule has 1 atom stereocenters. The molecule has 0 aliphatic rings. The highest BCUT2D eigenvalue weighted by Crippen LogP contribution is 2.40. The summed E-state index contributed by atoms with van der Waals surface area (Å²) >= 11 is 0. The Morgan fingerprint density at radius 1 is 0.730 bits per heavy atom. The van der Waals surface area contributed by atoms with Crippen LogP contribution < -0.4 is 10.4 Å². The van der Waals surface area contributed by atoms with Gasteiger partial charge in [-0.3, -0.25) is 9.59 Å². The predicted octanol–water partition coefficient (Wildman–Crippen LogP) is 5.62. The fourth-order valence-corrected chi connectivity index (χ4v) is 9.22. The number of benzene rings is 3. The Balaban J connectivity index is 2.22. The molecular weight excluding hydrogens is 480 g/mol. The van der Waals surface area contributed by atoms with Crippen LogP contribution >= 0.6 is 0 Å². The van der Waals surface area contributed by atoms with Crippen molar-refractivity contribution in [2.45, 2.75) is 59.0 Å². The standard InChI is InChI=1S/C31H36O5Si/c1-23-15-13-14-20-28(23)29(21-22-30(34-24(2)32)35-25(3)33)36-37(31(4,5)6,26-16-9-7-10-17-26)27-18-11-8-12-19-27/h7-22,29-30H,1-6H3/b22-21+. The van der Waals surface area contributed by atoms with Gasteiger partial charge in [0.25, 0.3) is 14.6 Å². The molecule has 0 heterocycles. The Bertz CT molecular complexity index is 1160. The van der Waals surface area contributed by atoms with Crippen molar-refractivity contribution >= 4 is 30.6 Å². The fraction of sp³-hybridized carbons (Fsp3) is 0.290. The number of hydrogen-bond acceptors (Lipinski definition) is 5. The Hall–Kier alpha value is -3.48. The van der Waals surface area contributed by atoms with E-state index in [4.69, 9.17) is 13.9 Å². The third-order valence-electron chi connectivity index (χ3n) is 6.22. The highest BCUT2D eigenvalue weighted by molar-refractivity contribution is 6.99. The predicted molar refractivity (Wildman–Crippen MR) is 149 cm³/mol. The first-order valence-corrected chi connectivity index (χ1v) is 14.3. The maximum Gasteiger partial charge on any atom is 0.305 e. The summed E-state index contributed by atoms with van der Waals surface area (Å²) in [6.07, 6.45) is 1.76. The molecule has 5 nitrogen and oxygen atoms in total. The number of ether oxygens (including phenoxy) is 2. The van der Waals surface area contributed by atoms with E-state index in [-0.39, 0.29) is 5.04 Å². The van der Waals surface area contributed by atoms with Gasteiger partial charge >= 0.3 is 11.9 Å². The van der Waals surface area contributed by atoms with Crippen molar-refractivity contribution in [2.24, 2.45) is 0 Å². The molecule has 6 heteroatoms. The van der Waals surface area contributed by atoms with Crippen molar-refractivity contribution < 1.29 is 23.5 Å². The number of esters is 2. The molecule has 1 unspecified atom stereocenters. The third-order valence-corrected chi connectivity index (χ3v) is 11.2. The topological polar surface area (TPSA) is 61.8 Å². The quantitative estimate of drug-likeness (QED) is 0.160. The van der Waals surface area contributed by atoms with Gasteiger partial charge < -0.3 is 13.9 Å². The van der Waals surface area contributed by atoms with Crippen molar-refractivity contribution in [1.82, 2.24) is 0 Å². The van der Waals surface area contributed by atoms with Crippen molar-refractivity contribution in [3.63, 3.8) is 0 Å². The van der Waals surface area contributed by atoms with E-state index in [0.717, 1.165) is 21.5 Å². The maximum atomic E-state index is 11.7. The highest BCUT2D eigenvalue weighted by Gasteiger charge is 2.51. The molecule has 37 heavy (non-hydrogen) atoms. The summed E-state index contributed by atoms with van der Waals surface area (Å²) in [7, 11) is -2.92. The van der Waals surface area contributed by atoms with Crippen LogP contribution in [0.4, 0.5) is 0 Å². The highest BCUT2D eigenvalue weighted by atomic mass is 28.4. The van der Waals surface area contributed by atoms with E-state index in [2.05, 4.69) is 45.0 Å². The summed E-state index contributed by atoms with van der Waals surface area (Å²) in [6.45, 7) is 11.3. The van der Waals surface area contributed by atoms with Gasteiger partial charge in [-0.25, -0.2) is 0 Å². The van der Waals surface area contributed by atoms with Crippen LogP contribution in [0.5, 0.6) is 0 Å². The number of carbonyl (C=O) groups is 2. The van der Waals surface area contributed by atoms with Gasteiger partial charge in [0.1, 0.15) is 0 Å². The van der Waals surface area contributed by atoms with Crippen molar-refractivity contribution in [3.05, 3.63) is 108 Å². The van der Waals surface area contributed by atoms with Gasteiger partial charge in [-0.15, -0.1) is 0 Å². The van der Waals surface area contributed by atoms with E-state index in [0.29, 0.717) is 0 Å². The van der Waals surface area contributed by atoms with Crippen molar-refractivity contribution in [1.29, 1.82) is 0 Å². The SMILES string of the molecule is CC(=O)OC(/C=C/C(O[Si](c1ccccc1)(c1ccccc1)C(C)(C)C)c1ccccc1C)OC(C)=O. The van der Waals surface area contributed by atoms with Crippen molar-refractivity contribution in [2.75, 3.05) is 0 Å². The molecule has 0 aliphatic carbocycles. The average Bonchev–Trinajstić information content (AvgIpc) is 2.84. The Morgan fingerprint density at radius 2 is 1.19 bits per heavy atom. The largest absolute Gasteiger partial charge is 0.421 e. The van der Waals surface area contributed by atoms with Crippen LogP contribution in [0.3, 0.4) is 0 Å². The number of rotatable bonds is 9. The number of aryl methyl sites for hydroxylation is 1. The van der Waals surface area contributed by atoms with E-state index in [9.17, 15) is 9.59 Å². The monoisotopic (exact) mass is 516 g/mol. The van der Waals surface area contributed by atoms with Gasteiger partial charge in [0.15, 0.2) is 0 Å². The van der Waals surface area contributed by atoms with E-state index in [1.165, 1.54) is 13.8 Å². The van der Waals surface area contributed by atoms with Gasteiger partial charge in [0.05, 0.1) is 6.10 Å². The molecule has 0 fully saturated rings. The Labute approximate surface area is 221 Å². The lowest BCUT2D eigenvalue weighted by molar-refractivity contribution is -0.176. The molecule has 0 saturated heterocycles. The fourth-order valence-electron chi connectivity index (χ4n) is 4.62. The minimum absolute atomic E-state index is 0.240. The Kier molecular flexibility index (Phi) is 9.24. The smallest absolute Gasteiger partial charge is 0.305 e. The Morgan fingerprint density at radius 3 is 1.62 bits per heavy atom. The molecule has 0 aliphatic heterocycles. The first-order valence-electron chi connectivity index (χ1n) is 12.4. The molecule has 0 saturated carbocycles. The second-order valence-electron chi connectivity index (χ2n) is 10.0. The van der Waals surface area contributed by atoms with Crippen LogP contribution in [-0.4, -0.2) is 26.5 Å². The number of carbonyl (C=O) groups excluding carboxylic acids is 2. The molecule has 194 valence electrons. The minimum Gasteiger partial charge on any atom is -0.421 e. The van der Waals surface area contributed by atoms with Gasteiger partial charge in [-0.1, -0.05) is 106 Å². The molecule has 3 aromatic rings. The van der Waals surface area contributed by atoms with Crippen LogP contribution in [0, 0.1) is 6.92 Å². The van der Waals surface area contributed by atoms with Gasteiger partial charge in [0.2, 0.25) is 0 Å². The average molecular weight is 517 g/mol.